The molecule has 3 aromatic heterocycles. The molecule has 5 rings (SSSR count). The van der Waals surface area contributed by atoms with Crippen LogP contribution in [0.25, 0.3) is 22.6 Å². The summed E-state index contributed by atoms with van der Waals surface area (Å²) in [4.78, 5) is 20.5. The molecule has 34 heavy (non-hydrogen) atoms. The second-order valence-corrected chi connectivity index (χ2v) is 8.18. The van der Waals surface area contributed by atoms with Crippen LogP contribution in [0.15, 0.2) is 30.5 Å². The molecule has 1 saturated heterocycles. The highest BCUT2D eigenvalue weighted by atomic mass is 19.1. The van der Waals surface area contributed by atoms with Crippen molar-refractivity contribution in [1.82, 2.24) is 29.9 Å². The zero-order chi connectivity index (χ0) is 24.2. The third-order valence-electron chi connectivity index (χ3n) is 5.96. The van der Waals surface area contributed by atoms with Crippen LogP contribution in [-0.2, 0) is 16.1 Å². The zero-order valence-corrected chi connectivity index (χ0v) is 17.9. The highest BCUT2D eigenvalue weighted by molar-refractivity contribution is 5.89. The van der Waals surface area contributed by atoms with Crippen molar-refractivity contribution >= 4 is 28.6 Å². The lowest BCUT2D eigenvalue weighted by Gasteiger charge is -2.44. The molecule has 13 heteroatoms. The van der Waals surface area contributed by atoms with E-state index in [-0.39, 0.29) is 53.1 Å². The average Bonchev–Trinajstić information content (AvgIpc) is 3.15. The minimum atomic E-state index is -0.999. The average molecular weight is 467 g/mol. The molecule has 1 aliphatic heterocycles. The monoisotopic (exact) mass is 467 g/mol. The van der Waals surface area contributed by atoms with Crippen LogP contribution in [-0.4, -0.2) is 42.5 Å². The topological polar surface area (TPSA) is 174 Å². The van der Waals surface area contributed by atoms with Gasteiger partial charge in [-0.15, -0.1) is 5.10 Å². The fourth-order valence-electron chi connectivity index (χ4n) is 3.93. The number of carbonyl (C=O) groups excluding carboxylic acids is 1. The van der Waals surface area contributed by atoms with E-state index in [0.29, 0.717) is 5.39 Å². The molecular formula is C21H19F2N9O2. The number of benzene rings is 1. The van der Waals surface area contributed by atoms with Gasteiger partial charge in [-0.3, -0.25) is 4.79 Å². The summed E-state index contributed by atoms with van der Waals surface area (Å²) in [6.45, 7) is 1.52. The Hall–Kier alpha value is -4.26. The van der Waals surface area contributed by atoms with Gasteiger partial charge in [0.15, 0.2) is 11.5 Å². The number of hydrogen-bond donors (Lipinski definition) is 3. The van der Waals surface area contributed by atoms with Gasteiger partial charge in [0.1, 0.15) is 35.1 Å². The molecule has 0 aliphatic carbocycles. The lowest BCUT2D eigenvalue weighted by atomic mass is 9.76. The number of amides is 1. The van der Waals surface area contributed by atoms with Crippen LogP contribution in [0, 0.1) is 17.0 Å². The first kappa shape index (κ1) is 21.6. The lowest BCUT2D eigenvalue weighted by Crippen LogP contribution is -2.52. The third-order valence-corrected chi connectivity index (χ3v) is 5.96. The molecular weight excluding hydrogens is 448 g/mol. The first-order valence-electron chi connectivity index (χ1n) is 10.2. The molecule has 6 N–H and O–H groups in total. The number of nitrogen functional groups attached to an aromatic ring is 2. The number of carbonyl (C=O) groups is 1. The molecule has 174 valence electrons. The summed E-state index contributed by atoms with van der Waals surface area (Å²) in [5.41, 5.74) is 17.4. The summed E-state index contributed by atoms with van der Waals surface area (Å²) in [5.74, 6) is -1.96. The Bertz CT molecular complexity index is 1410. The van der Waals surface area contributed by atoms with Gasteiger partial charge in [0.05, 0.1) is 35.7 Å². The van der Waals surface area contributed by atoms with Crippen molar-refractivity contribution in [2.45, 2.75) is 19.6 Å². The number of halogens is 2. The molecule has 0 saturated carbocycles. The maximum atomic E-state index is 14.2. The predicted octanol–water partition coefficient (Wildman–Crippen LogP) is 1.34. The van der Waals surface area contributed by atoms with Crippen molar-refractivity contribution in [1.29, 1.82) is 0 Å². The molecule has 1 fully saturated rings. The molecule has 0 spiro atoms. The predicted molar refractivity (Wildman–Crippen MR) is 117 cm³/mol. The van der Waals surface area contributed by atoms with Gasteiger partial charge in [-0.05, 0) is 25.1 Å². The highest BCUT2D eigenvalue weighted by Gasteiger charge is 2.52. The number of fused-ring (bicyclic) bond motifs is 1. The van der Waals surface area contributed by atoms with E-state index in [1.807, 2.05) is 0 Å². The largest absolute Gasteiger partial charge is 0.383 e. The van der Waals surface area contributed by atoms with Crippen molar-refractivity contribution in [2.75, 3.05) is 18.1 Å². The molecule has 4 heterocycles. The van der Waals surface area contributed by atoms with E-state index in [9.17, 15) is 13.6 Å². The van der Waals surface area contributed by atoms with E-state index >= 15 is 0 Å². The standard InChI is InChI=1S/C21H19F2N9O2/c1-21(20(26)33)8-34-15(21)13-16(24)28-18(29-17(13)25)14-9-5-6-27-30-19(9)32(31-14)7-10-11(22)3-2-4-12(10)23/h2-6,15H,7-8H2,1H3,(H2,26,33)(H4,24,25,28,29). The van der Waals surface area contributed by atoms with Gasteiger partial charge in [-0.25, -0.2) is 23.4 Å². The van der Waals surface area contributed by atoms with Crippen LogP contribution in [0.2, 0.25) is 0 Å². The summed E-state index contributed by atoms with van der Waals surface area (Å²) < 4.78 is 35.3. The molecule has 1 aliphatic rings. The highest BCUT2D eigenvalue weighted by Crippen LogP contribution is 2.49. The Labute approximate surface area is 190 Å². The molecule has 11 nitrogen and oxygen atoms in total. The Morgan fingerprint density at radius 1 is 1.21 bits per heavy atom. The van der Waals surface area contributed by atoms with E-state index in [2.05, 4.69) is 25.3 Å². The Balaban J connectivity index is 1.60. The molecule has 2 unspecified atom stereocenters. The second kappa shape index (κ2) is 7.66. The SMILES string of the molecule is CC1(C(N)=O)COC1c1c(N)nc(-c2nn(Cc3c(F)cccc3F)c3nnccc23)nc1N. The lowest BCUT2D eigenvalue weighted by molar-refractivity contribution is -0.189. The fraction of sp³-hybridized carbons (Fsp3) is 0.238. The van der Waals surface area contributed by atoms with Gasteiger partial charge in [0.2, 0.25) is 5.91 Å². The molecule has 2 atom stereocenters. The number of anilines is 2. The normalized spacial score (nSPS) is 19.8. The fourth-order valence-corrected chi connectivity index (χ4v) is 3.93. The number of ether oxygens (including phenoxy) is 1. The zero-order valence-electron chi connectivity index (χ0n) is 17.9. The number of nitrogens with two attached hydrogens (primary N) is 3. The maximum absolute atomic E-state index is 14.2. The number of aromatic nitrogens is 6. The molecule has 4 aromatic rings. The van der Waals surface area contributed by atoms with Crippen molar-refractivity contribution in [2.24, 2.45) is 11.1 Å². The quantitative estimate of drug-likeness (QED) is 0.391. The molecule has 1 aromatic carbocycles. The van der Waals surface area contributed by atoms with Crippen LogP contribution in [0.1, 0.15) is 24.2 Å². The summed E-state index contributed by atoms with van der Waals surface area (Å²) >= 11 is 0. The summed E-state index contributed by atoms with van der Waals surface area (Å²) in [6, 6.07) is 5.20. The smallest absolute Gasteiger partial charge is 0.228 e. The van der Waals surface area contributed by atoms with Gasteiger partial charge < -0.3 is 21.9 Å². The number of rotatable bonds is 5. The Morgan fingerprint density at radius 2 is 1.88 bits per heavy atom. The third kappa shape index (κ3) is 3.20. The number of nitrogens with zero attached hydrogens (tertiary/aromatic N) is 6. The maximum Gasteiger partial charge on any atom is 0.228 e. The second-order valence-electron chi connectivity index (χ2n) is 8.18. The van der Waals surface area contributed by atoms with Crippen LogP contribution in [0.5, 0.6) is 0 Å². The van der Waals surface area contributed by atoms with Gasteiger partial charge in [-0.2, -0.15) is 10.2 Å². The van der Waals surface area contributed by atoms with Crippen molar-refractivity contribution in [3.05, 3.63) is 53.2 Å². The van der Waals surface area contributed by atoms with Crippen LogP contribution in [0.3, 0.4) is 0 Å². The summed E-state index contributed by atoms with van der Waals surface area (Å²) in [5, 5.41) is 12.8. The summed E-state index contributed by atoms with van der Waals surface area (Å²) in [6.07, 6.45) is 0.645. The molecule has 1 amide bonds. The Kier molecular flexibility index (Phi) is 4.86. The summed E-state index contributed by atoms with van der Waals surface area (Å²) in [7, 11) is 0. The van der Waals surface area contributed by atoms with E-state index in [1.54, 1.807) is 13.0 Å². The first-order valence-corrected chi connectivity index (χ1v) is 10.2. The van der Waals surface area contributed by atoms with Crippen molar-refractivity contribution < 1.29 is 18.3 Å². The molecule has 0 radical (unpaired) electrons. The van der Waals surface area contributed by atoms with E-state index in [0.717, 1.165) is 12.1 Å². The van der Waals surface area contributed by atoms with Crippen molar-refractivity contribution in [3.8, 4) is 11.5 Å². The molecule has 0 bridgehead atoms. The minimum Gasteiger partial charge on any atom is -0.383 e. The van der Waals surface area contributed by atoms with Gasteiger partial charge in [0.25, 0.3) is 0 Å². The number of primary amides is 1. The number of hydrogen-bond acceptors (Lipinski definition) is 9. The van der Waals surface area contributed by atoms with E-state index < -0.39 is 29.1 Å². The first-order chi connectivity index (χ1) is 16.2. The minimum absolute atomic E-state index is 0.00969. The van der Waals surface area contributed by atoms with Crippen LogP contribution >= 0.6 is 0 Å². The Morgan fingerprint density at radius 3 is 2.47 bits per heavy atom. The van der Waals surface area contributed by atoms with Gasteiger partial charge >= 0.3 is 0 Å². The van der Waals surface area contributed by atoms with Crippen LogP contribution < -0.4 is 17.2 Å². The van der Waals surface area contributed by atoms with Gasteiger partial charge in [-0.1, -0.05) is 6.07 Å². The van der Waals surface area contributed by atoms with Crippen LogP contribution in [0.4, 0.5) is 20.4 Å². The van der Waals surface area contributed by atoms with Crippen molar-refractivity contribution in [3.63, 3.8) is 0 Å². The van der Waals surface area contributed by atoms with E-state index in [1.165, 1.54) is 16.9 Å². The van der Waals surface area contributed by atoms with Gasteiger partial charge in [0, 0.05) is 5.56 Å². The van der Waals surface area contributed by atoms with E-state index in [4.69, 9.17) is 21.9 Å².